The van der Waals surface area contributed by atoms with Gasteiger partial charge in [0, 0.05) is 6.20 Å². The molecular formula is C26H45NO10S. The van der Waals surface area contributed by atoms with E-state index in [1.54, 1.807) is 0 Å². The molecule has 0 spiro atoms. The quantitative estimate of drug-likeness (QED) is 0.0933. The molecule has 2 unspecified atom stereocenters. The van der Waals surface area contributed by atoms with Gasteiger partial charge < -0.3 is 20.2 Å². The summed E-state index contributed by atoms with van der Waals surface area (Å²) in [4.78, 5) is 47.0. The second kappa shape index (κ2) is 20.5. The summed E-state index contributed by atoms with van der Waals surface area (Å²) in [6.45, 7) is 2.22. The molecule has 220 valence electrons. The highest BCUT2D eigenvalue weighted by atomic mass is 32.2. The maximum Gasteiger partial charge on any atom is 0.327 e. The molecule has 0 saturated carbocycles. The fourth-order valence-corrected chi connectivity index (χ4v) is 4.67. The van der Waals surface area contributed by atoms with E-state index < -0.39 is 58.1 Å². The first-order chi connectivity index (χ1) is 17.9. The second-order valence-electron chi connectivity index (χ2n) is 9.57. The Kier molecular flexibility index (Phi) is 19.2. The van der Waals surface area contributed by atoms with E-state index in [-0.39, 0.29) is 0 Å². The molecule has 12 heteroatoms. The number of hydrogen-bond donors (Lipinski definition) is 4. The molecule has 0 rings (SSSR count). The van der Waals surface area contributed by atoms with Crippen molar-refractivity contribution in [1.82, 2.24) is 4.90 Å². The van der Waals surface area contributed by atoms with Gasteiger partial charge in [-0.2, -0.15) is 8.42 Å². The van der Waals surface area contributed by atoms with Crippen LogP contribution in [-0.4, -0.2) is 68.3 Å². The molecule has 0 bridgehead atoms. The van der Waals surface area contributed by atoms with Crippen LogP contribution in [0.5, 0.6) is 0 Å². The van der Waals surface area contributed by atoms with Gasteiger partial charge in [0.15, 0.2) is 5.25 Å². The molecule has 0 fully saturated rings. The number of carbonyl (C=O) groups excluding carboxylic acids is 1. The third-order valence-electron chi connectivity index (χ3n) is 6.26. The van der Waals surface area contributed by atoms with E-state index in [2.05, 4.69) is 6.92 Å². The van der Waals surface area contributed by atoms with Crippen molar-refractivity contribution in [3.8, 4) is 0 Å². The van der Waals surface area contributed by atoms with Crippen molar-refractivity contribution in [2.45, 2.75) is 127 Å². The van der Waals surface area contributed by atoms with Gasteiger partial charge in [-0.1, -0.05) is 96.5 Å². The first kappa shape index (κ1) is 35.5. The summed E-state index contributed by atoms with van der Waals surface area (Å²) in [5, 5.41) is 24.9. The predicted molar refractivity (Wildman–Crippen MR) is 142 cm³/mol. The van der Waals surface area contributed by atoms with E-state index >= 15 is 0 Å². The van der Waals surface area contributed by atoms with E-state index in [4.69, 9.17) is 14.8 Å². The predicted octanol–water partition coefficient (Wildman–Crippen LogP) is 4.86. The van der Waals surface area contributed by atoms with Crippen LogP contribution in [0.15, 0.2) is 12.3 Å². The van der Waals surface area contributed by atoms with Crippen molar-refractivity contribution in [2.75, 3.05) is 0 Å². The summed E-state index contributed by atoms with van der Waals surface area (Å²) in [5.74, 6) is -6.40. The SMILES string of the molecule is CCCCCCCCCCCCCCCC/C=C/N(C(=O)CC(C(=O)O)S(=O)(=O)O)C(CC(=O)O)C(=O)O. The molecule has 38 heavy (non-hydrogen) atoms. The van der Waals surface area contributed by atoms with Crippen molar-refractivity contribution < 1.29 is 47.5 Å². The Hall–Kier alpha value is -2.47. The van der Waals surface area contributed by atoms with Crippen molar-refractivity contribution >= 4 is 33.9 Å². The average Bonchev–Trinajstić information content (AvgIpc) is 2.82. The van der Waals surface area contributed by atoms with Gasteiger partial charge >= 0.3 is 17.9 Å². The zero-order valence-electron chi connectivity index (χ0n) is 22.4. The Bertz CT molecular complexity index is 856. The largest absolute Gasteiger partial charge is 0.481 e. The Labute approximate surface area is 226 Å². The normalized spacial score (nSPS) is 13.3. The number of hydrogen-bond acceptors (Lipinski definition) is 6. The van der Waals surface area contributed by atoms with Crippen LogP contribution in [0.4, 0.5) is 0 Å². The van der Waals surface area contributed by atoms with E-state index in [9.17, 15) is 32.7 Å². The fraction of sp³-hybridized carbons (Fsp3) is 0.769. The molecule has 0 aromatic carbocycles. The van der Waals surface area contributed by atoms with Crippen molar-refractivity contribution in [2.24, 2.45) is 0 Å². The number of carboxylic acid groups (broad SMARTS) is 3. The summed E-state index contributed by atoms with van der Waals surface area (Å²) in [6.07, 6.45) is 17.3. The van der Waals surface area contributed by atoms with Crippen LogP contribution in [0.2, 0.25) is 0 Å². The fourth-order valence-electron chi connectivity index (χ4n) is 4.06. The Balaban J connectivity index is 4.62. The highest BCUT2D eigenvalue weighted by Crippen LogP contribution is 2.16. The van der Waals surface area contributed by atoms with Crippen molar-refractivity contribution in [3.63, 3.8) is 0 Å². The minimum Gasteiger partial charge on any atom is -0.481 e. The van der Waals surface area contributed by atoms with Gasteiger partial charge in [-0.15, -0.1) is 0 Å². The smallest absolute Gasteiger partial charge is 0.327 e. The van der Waals surface area contributed by atoms with Crippen LogP contribution < -0.4 is 0 Å². The second-order valence-corrected chi connectivity index (χ2v) is 11.2. The number of allylic oxidation sites excluding steroid dienone is 1. The molecule has 0 radical (unpaired) electrons. The number of nitrogens with zero attached hydrogens (tertiary/aromatic N) is 1. The summed E-state index contributed by atoms with van der Waals surface area (Å²) in [5.41, 5.74) is 0. The monoisotopic (exact) mass is 563 g/mol. The summed E-state index contributed by atoms with van der Waals surface area (Å²) in [6, 6.07) is -1.87. The third-order valence-corrected chi connectivity index (χ3v) is 7.35. The molecule has 0 aliphatic carbocycles. The zero-order chi connectivity index (χ0) is 29.0. The van der Waals surface area contributed by atoms with E-state index in [0.29, 0.717) is 11.3 Å². The highest BCUT2D eigenvalue weighted by molar-refractivity contribution is 7.87. The molecule has 0 aliphatic rings. The number of carbonyl (C=O) groups is 4. The van der Waals surface area contributed by atoms with Gasteiger partial charge in [0.2, 0.25) is 5.91 Å². The number of rotatable bonds is 24. The lowest BCUT2D eigenvalue weighted by atomic mass is 10.0. The lowest BCUT2D eigenvalue weighted by molar-refractivity contribution is -0.152. The maximum absolute atomic E-state index is 12.6. The van der Waals surface area contributed by atoms with E-state index in [1.165, 1.54) is 70.3 Å². The summed E-state index contributed by atoms with van der Waals surface area (Å²) < 4.78 is 31.7. The molecule has 0 aliphatic heterocycles. The number of aliphatic carboxylic acids is 3. The van der Waals surface area contributed by atoms with Crippen LogP contribution in [0.25, 0.3) is 0 Å². The first-order valence-electron chi connectivity index (χ1n) is 13.5. The summed E-state index contributed by atoms with van der Waals surface area (Å²) >= 11 is 0. The maximum atomic E-state index is 12.6. The molecule has 2 atom stereocenters. The van der Waals surface area contributed by atoms with Gasteiger partial charge in [-0.05, 0) is 12.8 Å². The minimum atomic E-state index is -5.15. The lowest BCUT2D eigenvalue weighted by Gasteiger charge is -2.25. The standard InChI is InChI=1S/C26H45NO10S/c1-2-3-4-5-6-7-8-9-10-11-12-13-14-15-16-17-18-27(21(25(31)32)19-24(29)30)23(28)20-22(26(33)34)38(35,36)37/h17-18,21-22H,2-16,19-20H2,1H3,(H,29,30)(H,31,32)(H,33,34)(H,35,36,37)/b18-17+. The van der Waals surface area contributed by atoms with Gasteiger partial charge in [-0.3, -0.25) is 18.9 Å². The summed E-state index contributed by atoms with van der Waals surface area (Å²) in [7, 11) is -5.15. The Morgan fingerprint density at radius 2 is 1.16 bits per heavy atom. The molecule has 11 nitrogen and oxygen atoms in total. The van der Waals surface area contributed by atoms with E-state index in [1.807, 2.05) is 0 Å². The molecular weight excluding hydrogens is 518 g/mol. The van der Waals surface area contributed by atoms with Gasteiger partial charge in [0.05, 0.1) is 12.8 Å². The van der Waals surface area contributed by atoms with E-state index in [0.717, 1.165) is 31.9 Å². The van der Waals surface area contributed by atoms with Crippen LogP contribution in [0, 0.1) is 0 Å². The van der Waals surface area contributed by atoms with Crippen LogP contribution >= 0.6 is 0 Å². The van der Waals surface area contributed by atoms with Crippen molar-refractivity contribution in [3.05, 3.63) is 12.3 Å². The Morgan fingerprint density at radius 1 is 0.711 bits per heavy atom. The van der Waals surface area contributed by atoms with Crippen molar-refractivity contribution in [1.29, 1.82) is 0 Å². The molecule has 0 aromatic heterocycles. The van der Waals surface area contributed by atoms with Crippen LogP contribution in [-0.2, 0) is 29.3 Å². The zero-order valence-corrected chi connectivity index (χ0v) is 23.2. The molecule has 0 aromatic rings. The lowest BCUT2D eigenvalue weighted by Crippen LogP contribution is -2.45. The van der Waals surface area contributed by atoms with Gasteiger partial charge in [0.1, 0.15) is 6.04 Å². The molecule has 0 saturated heterocycles. The molecule has 4 N–H and O–H groups in total. The topological polar surface area (TPSA) is 187 Å². The van der Waals surface area contributed by atoms with Gasteiger partial charge in [-0.25, -0.2) is 4.79 Å². The minimum absolute atomic E-state index is 0.460. The number of carboxylic acids is 3. The molecule has 1 amide bonds. The van der Waals surface area contributed by atoms with Gasteiger partial charge in [0.25, 0.3) is 10.1 Å². The van der Waals surface area contributed by atoms with Crippen LogP contribution in [0.3, 0.4) is 0 Å². The number of unbranched alkanes of at least 4 members (excludes halogenated alkanes) is 14. The first-order valence-corrected chi connectivity index (χ1v) is 15.0. The van der Waals surface area contributed by atoms with Crippen LogP contribution in [0.1, 0.15) is 116 Å². The third kappa shape index (κ3) is 17.1. The Morgan fingerprint density at radius 3 is 1.53 bits per heavy atom. The molecule has 0 heterocycles. The average molecular weight is 564 g/mol. The highest BCUT2D eigenvalue weighted by Gasteiger charge is 2.37. The number of amides is 1.